The first-order chi connectivity index (χ1) is 8.52. The summed E-state index contributed by atoms with van der Waals surface area (Å²) in [5, 5.41) is 0. The van der Waals surface area contributed by atoms with Crippen LogP contribution in [0.4, 0.5) is 0 Å². The molecule has 0 fully saturated rings. The summed E-state index contributed by atoms with van der Waals surface area (Å²) in [5.41, 5.74) is 1.28. The molecule has 4 nitrogen and oxygen atoms in total. The highest BCUT2D eigenvalue weighted by Gasteiger charge is 2.09. The Morgan fingerprint density at radius 3 is 2.61 bits per heavy atom. The monoisotopic (exact) mass is 372 g/mol. The van der Waals surface area contributed by atoms with Crippen LogP contribution in [0.1, 0.15) is 5.69 Å². The van der Waals surface area contributed by atoms with E-state index in [1.807, 2.05) is 18.2 Å². The van der Waals surface area contributed by atoms with Crippen LogP contribution in [0.15, 0.2) is 31.9 Å². The fourth-order valence-electron chi connectivity index (χ4n) is 1.52. The molecular weight excluding hydrogens is 364 g/mol. The summed E-state index contributed by atoms with van der Waals surface area (Å²) in [6, 6.07) is 5.51. The zero-order valence-corrected chi connectivity index (χ0v) is 12.9. The van der Waals surface area contributed by atoms with E-state index in [2.05, 4.69) is 41.8 Å². The van der Waals surface area contributed by atoms with Crippen molar-refractivity contribution in [3.63, 3.8) is 0 Å². The quantitative estimate of drug-likeness (QED) is 0.878. The molecule has 1 heterocycles. The van der Waals surface area contributed by atoms with Crippen molar-refractivity contribution < 1.29 is 4.74 Å². The fraction of sp³-hybridized carbons (Fsp3) is 0.167. The topological polar surface area (TPSA) is 55.0 Å². The number of H-pyrrole nitrogens is 1. The van der Waals surface area contributed by atoms with E-state index in [9.17, 15) is 4.79 Å². The first-order valence-corrected chi connectivity index (χ1v) is 6.72. The van der Waals surface area contributed by atoms with Crippen molar-refractivity contribution in [2.45, 2.75) is 6.92 Å². The number of aromatic nitrogens is 2. The molecule has 0 spiro atoms. The molecule has 0 saturated carbocycles. The number of methoxy groups -OCH3 is 1. The molecule has 18 heavy (non-hydrogen) atoms. The average molecular weight is 374 g/mol. The average Bonchev–Trinajstić information content (AvgIpc) is 2.35. The number of nitrogens with zero attached hydrogens (tertiary/aromatic N) is 1. The van der Waals surface area contributed by atoms with Gasteiger partial charge in [0.25, 0.3) is 5.56 Å². The third kappa shape index (κ3) is 2.49. The molecule has 1 aromatic heterocycles. The van der Waals surface area contributed by atoms with Crippen LogP contribution in [0, 0.1) is 6.92 Å². The number of aryl methyl sites for hydroxylation is 1. The van der Waals surface area contributed by atoms with Gasteiger partial charge >= 0.3 is 0 Å². The fourth-order valence-corrected chi connectivity index (χ4v) is 2.25. The van der Waals surface area contributed by atoms with Crippen LogP contribution in [-0.4, -0.2) is 17.1 Å². The largest absolute Gasteiger partial charge is 0.496 e. The molecule has 0 radical (unpaired) electrons. The molecule has 0 atom stereocenters. The van der Waals surface area contributed by atoms with Crippen molar-refractivity contribution in [3.8, 4) is 17.1 Å². The molecule has 6 heteroatoms. The van der Waals surface area contributed by atoms with Gasteiger partial charge in [-0.25, -0.2) is 4.98 Å². The molecule has 2 rings (SSSR count). The zero-order valence-electron chi connectivity index (χ0n) is 9.75. The van der Waals surface area contributed by atoms with Crippen molar-refractivity contribution >= 4 is 31.9 Å². The molecule has 1 N–H and O–H groups in total. The Morgan fingerprint density at radius 1 is 1.33 bits per heavy atom. The van der Waals surface area contributed by atoms with Crippen molar-refractivity contribution in [1.29, 1.82) is 0 Å². The molecule has 0 bridgehead atoms. The molecule has 94 valence electrons. The lowest BCUT2D eigenvalue weighted by Crippen LogP contribution is -2.11. The van der Waals surface area contributed by atoms with E-state index in [1.165, 1.54) is 0 Å². The minimum atomic E-state index is -0.190. The number of benzene rings is 1. The van der Waals surface area contributed by atoms with Crippen LogP contribution in [0.3, 0.4) is 0 Å². The van der Waals surface area contributed by atoms with Crippen molar-refractivity contribution in [1.82, 2.24) is 9.97 Å². The minimum absolute atomic E-state index is 0.190. The lowest BCUT2D eigenvalue weighted by atomic mass is 10.2. The van der Waals surface area contributed by atoms with Gasteiger partial charge < -0.3 is 9.72 Å². The summed E-state index contributed by atoms with van der Waals surface area (Å²) in [5.74, 6) is 1.26. The minimum Gasteiger partial charge on any atom is -0.496 e. The Hall–Kier alpha value is -1.14. The maximum absolute atomic E-state index is 11.7. The van der Waals surface area contributed by atoms with Gasteiger partial charge in [0.2, 0.25) is 0 Å². The lowest BCUT2D eigenvalue weighted by Gasteiger charge is -2.07. The van der Waals surface area contributed by atoms with Gasteiger partial charge in [-0.3, -0.25) is 4.79 Å². The first kappa shape index (κ1) is 13.3. The molecule has 0 aliphatic rings. The molecule has 0 unspecified atom stereocenters. The molecule has 0 amide bonds. The number of ether oxygens (including phenoxy) is 1. The second-order valence-corrected chi connectivity index (χ2v) is 5.31. The van der Waals surface area contributed by atoms with Crippen LogP contribution >= 0.6 is 31.9 Å². The number of aromatic amines is 1. The molecule has 0 saturated heterocycles. The number of halogens is 2. The Morgan fingerprint density at radius 2 is 2.06 bits per heavy atom. The van der Waals surface area contributed by atoms with E-state index in [0.29, 0.717) is 16.0 Å². The van der Waals surface area contributed by atoms with Gasteiger partial charge in [0.05, 0.1) is 17.3 Å². The second-order valence-electron chi connectivity index (χ2n) is 3.66. The highest BCUT2D eigenvalue weighted by molar-refractivity contribution is 9.10. The third-order valence-corrected chi connectivity index (χ3v) is 4.01. The van der Waals surface area contributed by atoms with Crippen molar-refractivity contribution in [2.75, 3.05) is 7.11 Å². The van der Waals surface area contributed by atoms with E-state index in [4.69, 9.17) is 4.74 Å². The van der Waals surface area contributed by atoms with Gasteiger partial charge in [0, 0.05) is 5.56 Å². The van der Waals surface area contributed by atoms with Crippen LogP contribution in [-0.2, 0) is 0 Å². The van der Waals surface area contributed by atoms with E-state index in [1.54, 1.807) is 14.0 Å². The second kappa shape index (κ2) is 5.24. The Bertz CT molecular complexity index is 653. The number of nitrogens with one attached hydrogen (secondary N) is 1. The standard InChI is InChI=1S/C12H10Br2N2O2/c1-6-10(14)12(17)16-11(15-6)7-3-4-9(18-2)8(13)5-7/h3-5H,1-2H3,(H,15,16,17). The van der Waals surface area contributed by atoms with Gasteiger partial charge in [-0.15, -0.1) is 0 Å². The maximum atomic E-state index is 11.7. The van der Waals surface area contributed by atoms with Gasteiger partial charge in [0.1, 0.15) is 16.0 Å². The van der Waals surface area contributed by atoms with Gasteiger partial charge in [-0.2, -0.15) is 0 Å². The summed E-state index contributed by atoms with van der Waals surface area (Å²) in [6.45, 7) is 1.78. The summed E-state index contributed by atoms with van der Waals surface area (Å²) in [4.78, 5) is 18.7. The van der Waals surface area contributed by atoms with E-state index >= 15 is 0 Å². The smallest absolute Gasteiger partial charge is 0.265 e. The molecule has 1 aromatic carbocycles. The summed E-state index contributed by atoms with van der Waals surface area (Å²) < 4.78 is 6.42. The van der Waals surface area contributed by atoms with Crippen molar-refractivity contribution in [3.05, 3.63) is 43.2 Å². The van der Waals surface area contributed by atoms with Gasteiger partial charge in [0.15, 0.2) is 0 Å². The van der Waals surface area contributed by atoms with E-state index in [-0.39, 0.29) is 5.56 Å². The number of hydrogen-bond donors (Lipinski definition) is 1. The zero-order chi connectivity index (χ0) is 13.3. The Labute approximate surface area is 121 Å². The normalized spacial score (nSPS) is 10.4. The van der Waals surface area contributed by atoms with Crippen molar-refractivity contribution in [2.24, 2.45) is 0 Å². The molecule has 0 aliphatic carbocycles. The van der Waals surface area contributed by atoms with Gasteiger partial charge in [-0.05, 0) is 57.0 Å². The predicted octanol–water partition coefficient (Wildman–Crippen LogP) is 3.28. The van der Waals surface area contributed by atoms with E-state index < -0.39 is 0 Å². The summed E-state index contributed by atoms with van der Waals surface area (Å²) in [7, 11) is 1.60. The van der Waals surface area contributed by atoms with E-state index in [0.717, 1.165) is 15.8 Å². The first-order valence-electron chi connectivity index (χ1n) is 5.13. The number of hydrogen-bond acceptors (Lipinski definition) is 3. The number of rotatable bonds is 2. The Balaban J connectivity index is 2.56. The Kier molecular flexibility index (Phi) is 3.87. The highest BCUT2D eigenvalue weighted by atomic mass is 79.9. The summed E-state index contributed by atoms with van der Waals surface area (Å²) in [6.07, 6.45) is 0. The molecule has 0 aliphatic heterocycles. The van der Waals surface area contributed by atoms with Crippen LogP contribution in [0.25, 0.3) is 11.4 Å². The maximum Gasteiger partial charge on any atom is 0.265 e. The lowest BCUT2D eigenvalue weighted by molar-refractivity contribution is 0.412. The highest BCUT2D eigenvalue weighted by Crippen LogP contribution is 2.29. The van der Waals surface area contributed by atoms with Gasteiger partial charge in [-0.1, -0.05) is 0 Å². The SMILES string of the molecule is COc1ccc(-c2nc(C)c(Br)c(=O)[nH]2)cc1Br. The molecule has 2 aromatic rings. The van der Waals surface area contributed by atoms with Crippen LogP contribution in [0.5, 0.6) is 5.75 Å². The molecular formula is C12H10Br2N2O2. The predicted molar refractivity (Wildman–Crippen MR) is 77.0 cm³/mol. The van der Waals surface area contributed by atoms with Crippen LogP contribution in [0.2, 0.25) is 0 Å². The third-order valence-electron chi connectivity index (χ3n) is 2.45. The van der Waals surface area contributed by atoms with Crippen LogP contribution < -0.4 is 10.3 Å². The summed E-state index contributed by atoms with van der Waals surface area (Å²) >= 11 is 6.59.